The summed E-state index contributed by atoms with van der Waals surface area (Å²) in [4.78, 5) is 0. The number of hydrogen-bond acceptors (Lipinski definition) is 0. The zero-order chi connectivity index (χ0) is 17.2. The van der Waals surface area contributed by atoms with Crippen molar-refractivity contribution in [2.45, 2.75) is 78.8 Å². The molecule has 0 aromatic rings. The van der Waals surface area contributed by atoms with E-state index in [0.29, 0.717) is 11.3 Å². The first-order valence-electron chi connectivity index (χ1n) is 7.38. The van der Waals surface area contributed by atoms with Crippen molar-refractivity contribution in [2.24, 2.45) is 0 Å². The molecule has 0 fully saturated rings. The minimum atomic E-state index is -2.08. The van der Waals surface area contributed by atoms with Crippen LogP contribution in [0.5, 0.6) is 0 Å². The minimum absolute atomic E-state index is 0. The Hall–Kier alpha value is 1.00. The molecule has 130 valence electrons. The molecular formula is C17H32Cl2NPTi-2. The molecule has 0 bridgehead atoms. The van der Waals surface area contributed by atoms with Gasteiger partial charge in [-0.3, -0.25) is 0 Å². The van der Waals surface area contributed by atoms with E-state index in [1.54, 1.807) is 0 Å². The normalized spacial score (nSPS) is 17.5. The molecule has 1 nitrogen and oxygen atoms in total. The second kappa shape index (κ2) is 9.48. The molecule has 0 heterocycles. The molecule has 0 aromatic carbocycles. The third-order valence-electron chi connectivity index (χ3n) is 5.44. The monoisotopic (exact) mass is 399 g/mol. The van der Waals surface area contributed by atoms with Crippen molar-refractivity contribution in [3.05, 3.63) is 34.9 Å². The second-order valence-electron chi connectivity index (χ2n) is 6.57. The van der Waals surface area contributed by atoms with Gasteiger partial charge < -0.3 is 12.6 Å². The van der Waals surface area contributed by atoms with E-state index in [0.717, 1.165) is 0 Å². The van der Waals surface area contributed by atoms with Gasteiger partial charge in [0.2, 0.25) is 0 Å². The summed E-state index contributed by atoms with van der Waals surface area (Å²) in [5, 5.41) is 11.4. The third-order valence-corrected chi connectivity index (χ3v) is 10.7. The van der Waals surface area contributed by atoms with Crippen molar-refractivity contribution < 1.29 is 17.0 Å². The van der Waals surface area contributed by atoms with E-state index in [9.17, 15) is 5.16 Å². The molecule has 0 aromatic heterocycles. The zero-order valence-corrected chi connectivity index (χ0v) is 19.8. The Labute approximate surface area is 155 Å². The van der Waals surface area contributed by atoms with Crippen molar-refractivity contribution in [2.75, 3.05) is 0 Å². The van der Waals surface area contributed by atoms with E-state index >= 15 is 0 Å². The van der Waals surface area contributed by atoms with Crippen LogP contribution in [-0.2, 0) is 17.0 Å². The molecule has 0 spiro atoms. The Morgan fingerprint density at radius 1 is 0.909 bits per heavy atom. The SMILES string of the molecule is CC1=C(C)C(C)(P(=[N-])(C(C)C)C(C)C)C(C)=C1C.[CH3-].[Cl][Ti][Cl]. The fourth-order valence-electron chi connectivity index (χ4n) is 3.74. The molecule has 0 N–H and O–H groups in total. The topological polar surface area (TPSA) is 22.3 Å². The van der Waals surface area contributed by atoms with Gasteiger partial charge in [0, 0.05) is 5.16 Å². The summed E-state index contributed by atoms with van der Waals surface area (Å²) in [7, 11) is 7.70. The Morgan fingerprint density at radius 2 is 1.14 bits per heavy atom. The molecular weight excluding hydrogens is 368 g/mol. The van der Waals surface area contributed by atoms with E-state index in [1.807, 2.05) is 0 Å². The summed E-state index contributed by atoms with van der Waals surface area (Å²) in [5.41, 5.74) is 6.22. The van der Waals surface area contributed by atoms with Gasteiger partial charge in [0.25, 0.3) is 0 Å². The summed E-state index contributed by atoms with van der Waals surface area (Å²) in [5.74, 6) is 0. The van der Waals surface area contributed by atoms with Gasteiger partial charge in [0.1, 0.15) is 0 Å². The van der Waals surface area contributed by atoms with Crippen LogP contribution in [-0.4, -0.2) is 16.5 Å². The Balaban J connectivity index is 0. The maximum absolute atomic E-state index is 11.5. The van der Waals surface area contributed by atoms with E-state index in [2.05, 4.69) is 62.3 Å². The van der Waals surface area contributed by atoms with Crippen molar-refractivity contribution >= 4 is 25.7 Å². The molecule has 0 amide bonds. The van der Waals surface area contributed by atoms with Crippen molar-refractivity contribution in [1.82, 2.24) is 0 Å². The molecule has 1 aliphatic rings. The van der Waals surface area contributed by atoms with E-state index in [1.165, 1.54) is 22.3 Å². The van der Waals surface area contributed by atoms with Crippen LogP contribution in [0.15, 0.2) is 22.3 Å². The molecule has 0 unspecified atom stereocenters. The summed E-state index contributed by atoms with van der Waals surface area (Å²) in [6.45, 7) is 19.8. The quantitative estimate of drug-likeness (QED) is 0.262. The molecule has 0 saturated carbocycles. The van der Waals surface area contributed by atoms with Gasteiger partial charge in [-0.1, -0.05) is 38.8 Å². The predicted molar refractivity (Wildman–Crippen MR) is 104 cm³/mol. The first-order valence-corrected chi connectivity index (χ1v) is 13.6. The van der Waals surface area contributed by atoms with Crippen molar-refractivity contribution in [1.29, 1.82) is 0 Å². The van der Waals surface area contributed by atoms with Crippen LogP contribution in [0.1, 0.15) is 62.3 Å². The number of rotatable bonds is 3. The fourth-order valence-corrected chi connectivity index (χ4v) is 8.41. The first-order chi connectivity index (χ1) is 9.44. The number of hydrogen-bond donors (Lipinski definition) is 0. The predicted octanol–water partition coefficient (Wildman–Crippen LogP) is 7.85. The summed E-state index contributed by atoms with van der Waals surface area (Å²) < 4.78 is 0. The molecule has 1 aliphatic carbocycles. The van der Waals surface area contributed by atoms with Gasteiger partial charge in [-0.2, -0.15) is 0 Å². The average Bonchev–Trinajstić information content (AvgIpc) is 2.55. The number of nitrogens with zero attached hydrogens (tertiary/aromatic N) is 1. The van der Waals surface area contributed by atoms with Gasteiger partial charge in [0.15, 0.2) is 0 Å². The van der Waals surface area contributed by atoms with E-state index < -0.39 is 24.1 Å². The van der Waals surface area contributed by atoms with Gasteiger partial charge in [0.05, 0.1) is 0 Å². The summed E-state index contributed by atoms with van der Waals surface area (Å²) in [6, 6.07) is 0. The molecule has 5 heteroatoms. The Kier molecular flexibility index (Phi) is 10.9. The third kappa shape index (κ3) is 3.97. The molecule has 0 aliphatic heterocycles. The van der Waals surface area contributed by atoms with Gasteiger partial charge in [-0.15, -0.1) is 0 Å². The fraction of sp³-hybridized carbons (Fsp3) is 0.706. The Morgan fingerprint density at radius 3 is 1.32 bits per heavy atom. The zero-order valence-electron chi connectivity index (χ0n) is 15.8. The van der Waals surface area contributed by atoms with Crippen molar-refractivity contribution in [3.63, 3.8) is 0 Å². The van der Waals surface area contributed by atoms with Crippen LogP contribution in [0.3, 0.4) is 0 Å². The number of halogens is 2. The maximum atomic E-state index is 11.5. The van der Waals surface area contributed by atoms with Gasteiger partial charge in [-0.25, -0.2) is 7.05 Å². The van der Waals surface area contributed by atoms with E-state index in [-0.39, 0.29) is 12.6 Å². The molecule has 0 saturated heterocycles. The van der Waals surface area contributed by atoms with Crippen molar-refractivity contribution in [3.8, 4) is 0 Å². The number of allylic oxidation sites excluding steroid dienone is 4. The van der Waals surface area contributed by atoms with Gasteiger partial charge in [-0.05, 0) is 57.1 Å². The van der Waals surface area contributed by atoms with Crippen LogP contribution in [0.25, 0.3) is 5.16 Å². The van der Waals surface area contributed by atoms with Crippen LogP contribution < -0.4 is 0 Å². The van der Waals surface area contributed by atoms with Crippen LogP contribution >= 0.6 is 25.7 Å². The standard InChI is InChI=1S/C16H29NP.CH3.2ClH.Ti/c1-10(2)18(17,11(3)4)16(9)14(7)12(5)13(6)15(16)8;;;;/h10-11H,1-9H3;1H3;2*1H;/q2*-1;;;+2/p-2. The van der Waals surface area contributed by atoms with E-state index in [4.69, 9.17) is 18.6 Å². The average molecular weight is 400 g/mol. The van der Waals surface area contributed by atoms with Crippen LogP contribution in [0.2, 0.25) is 0 Å². The first kappa shape index (κ1) is 25.2. The second-order valence-corrected chi connectivity index (χ2v) is 13.6. The summed E-state index contributed by atoms with van der Waals surface area (Å²) >= 11 is -0.556. The van der Waals surface area contributed by atoms with Crippen LogP contribution in [0.4, 0.5) is 0 Å². The Bertz CT molecular complexity index is 457. The summed E-state index contributed by atoms with van der Waals surface area (Å²) in [6.07, 6.45) is 0. The van der Waals surface area contributed by atoms with Gasteiger partial charge >= 0.3 is 35.6 Å². The molecule has 22 heavy (non-hydrogen) atoms. The molecule has 0 radical (unpaired) electrons. The van der Waals surface area contributed by atoms with Crippen LogP contribution in [0, 0.1) is 7.43 Å². The molecule has 0 atom stereocenters. The molecule has 1 rings (SSSR count).